The Hall–Kier alpha value is -2.38. The van der Waals surface area contributed by atoms with E-state index in [4.69, 9.17) is 4.74 Å². The fourth-order valence-corrected chi connectivity index (χ4v) is 1.70. The van der Waals surface area contributed by atoms with Crippen molar-refractivity contribution in [2.45, 2.75) is 25.7 Å². The minimum atomic E-state index is -0.494. The highest BCUT2D eigenvalue weighted by molar-refractivity contribution is 5.68. The van der Waals surface area contributed by atoms with Crippen molar-refractivity contribution in [2.75, 3.05) is 26.1 Å². The van der Waals surface area contributed by atoms with Gasteiger partial charge in [0.25, 0.3) is 0 Å². The highest BCUT2D eigenvalue weighted by Gasteiger charge is 2.15. The molecule has 1 heterocycles. The molecule has 1 aromatic rings. The van der Waals surface area contributed by atoms with Crippen molar-refractivity contribution < 1.29 is 19.2 Å². The van der Waals surface area contributed by atoms with Gasteiger partial charge in [0, 0.05) is 25.1 Å². The highest BCUT2D eigenvalue weighted by Crippen LogP contribution is 2.24. The van der Waals surface area contributed by atoms with Crippen LogP contribution in [0.5, 0.6) is 5.88 Å². The summed E-state index contributed by atoms with van der Waals surface area (Å²) in [6, 6.07) is 2.80. The predicted molar refractivity (Wildman–Crippen MR) is 76.4 cm³/mol. The van der Waals surface area contributed by atoms with Crippen LogP contribution in [0, 0.1) is 10.1 Å². The van der Waals surface area contributed by atoms with Gasteiger partial charge in [0.1, 0.15) is 0 Å². The molecule has 0 radical (unpaired) electrons. The second-order valence-corrected chi connectivity index (χ2v) is 4.29. The van der Waals surface area contributed by atoms with E-state index in [1.807, 2.05) is 0 Å². The Morgan fingerprint density at radius 2 is 2.10 bits per heavy atom. The number of ether oxygens (including phenoxy) is 2. The monoisotopic (exact) mass is 297 g/mol. The maximum Gasteiger partial charge on any atom is 0.311 e. The topological polar surface area (TPSA) is 104 Å². The molecule has 0 aliphatic heterocycles. The SMILES string of the molecule is COC(=O)CCCCCNc1nc(OC)ccc1[N+](=O)[O-]. The van der Waals surface area contributed by atoms with Crippen molar-refractivity contribution in [3.8, 4) is 5.88 Å². The number of nitro groups is 1. The number of hydrogen-bond acceptors (Lipinski definition) is 7. The van der Waals surface area contributed by atoms with Crippen LogP contribution in [0.1, 0.15) is 25.7 Å². The fourth-order valence-electron chi connectivity index (χ4n) is 1.70. The van der Waals surface area contributed by atoms with Crippen LogP contribution < -0.4 is 10.1 Å². The number of anilines is 1. The lowest BCUT2D eigenvalue weighted by Crippen LogP contribution is -2.07. The van der Waals surface area contributed by atoms with Crippen LogP contribution in [-0.4, -0.2) is 36.6 Å². The van der Waals surface area contributed by atoms with Crippen molar-refractivity contribution >= 4 is 17.5 Å². The molecule has 0 spiro atoms. The van der Waals surface area contributed by atoms with Crippen LogP contribution in [0.3, 0.4) is 0 Å². The zero-order valence-corrected chi connectivity index (χ0v) is 12.1. The van der Waals surface area contributed by atoms with E-state index < -0.39 is 4.92 Å². The van der Waals surface area contributed by atoms with Gasteiger partial charge in [-0.3, -0.25) is 14.9 Å². The van der Waals surface area contributed by atoms with Gasteiger partial charge in [-0.15, -0.1) is 0 Å². The van der Waals surface area contributed by atoms with Gasteiger partial charge in [-0.1, -0.05) is 6.42 Å². The zero-order valence-electron chi connectivity index (χ0n) is 12.1. The van der Waals surface area contributed by atoms with Gasteiger partial charge in [0.05, 0.1) is 19.1 Å². The minimum absolute atomic E-state index is 0.0923. The van der Waals surface area contributed by atoms with Crippen LogP contribution in [-0.2, 0) is 9.53 Å². The summed E-state index contributed by atoms with van der Waals surface area (Å²) in [5.41, 5.74) is -0.0923. The zero-order chi connectivity index (χ0) is 15.7. The summed E-state index contributed by atoms with van der Waals surface area (Å²) in [4.78, 5) is 25.3. The minimum Gasteiger partial charge on any atom is -0.481 e. The number of nitrogens with one attached hydrogen (secondary N) is 1. The number of nitrogens with zero attached hydrogens (tertiary/aromatic N) is 2. The lowest BCUT2D eigenvalue weighted by atomic mass is 10.2. The highest BCUT2D eigenvalue weighted by atomic mass is 16.6. The van der Waals surface area contributed by atoms with E-state index in [2.05, 4.69) is 15.0 Å². The number of esters is 1. The average Bonchev–Trinajstić information content (AvgIpc) is 2.49. The van der Waals surface area contributed by atoms with Crippen molar-refractivity contribution in [3.05, 3.63) is 22.2 Å². The molecule has 0 aliphatic rings. The number of carbonyl (C=O) groups is 1. The van der Waals surface area contributed by atoms with Gasteiger partial charge in [-0.05, 0) is 12.8 Å². The molecule has 0 aliphatic carbocycles. The first-order chi connectivity index (χ1) is 10.1. The molecule has 0 atom stereocenters. The second kappa shape index (κ2) is 8.72. The number of hydrogen-bond donors (Lipinski definition) is 1. The molecule has 0 saturated heterocycles. The summed E-state index contributed by atoms with van der Waals surface area (Å²) < 4.78 is 9.49. The predicted octanol–water partition coefficient (Wildman–Crippen LogP) is 2.14. The Morgan fingerprint density at radius 1 is 1.33 bits per heavy atom. The Bertz CT molecular complexity index is 493. The van der Waals surface area contributed by atoms with Crippen LogP contribution >= 0.6 is 0 Å². The van der Waals surface area contributed by atoms with E-state index in [1.54, 1.807) is 0 Å². The van der Waals surface area contributed by atoms with Gasteiger partial charge in [-0.25, -0.2) is 0 Å². The molecule has 0 fully saturated rings. The van der Waals surface area contributed by atoms with E-state index in [1.165, 1.54) is 26.4 Å². The third-order valence-electron chi connectivity index (χ3n) is 2.83. The summed E-state index contributed by atoms with van der Waals surface area (Å²) >= 11 is 0. The first kappa shape index (κ1) is 16.7. The molecule has 1 N–H and O–H groups in total. The molecule has 8 heteroatoms. The Kier molecular flexibility index (Phi) is 6.93. The molecule has 0 saturated carbocycles. The molecule has 8 nitrogen and oxygen atoms in total. The Labute approximate surface area is 122 Å². The molecule has 0 bridgehead atoms. The maximum atomic E-state index is 10.9. The third kappa shape index (κ3) is 5.64. The number of carbonyl (C=O) groups excluding carboxylic acids is 1. The van der Waals surface area contributed by atoms with Crippen LogP contribution in [0.15, 0.2) is 12.1 Å². The summed E-state index contributed by atoms with van der Waals surface area (Å²) in [7, 11) is 2.81. The van der Waals surface area contributed by atoms with E-state index in [0.717, 1.165) is 19.3 Å². The van der Waals surface area contributed by atoms with E-state index in [-0.39, 0.29) is 17.5 Å². The van der Waals surface area contributed by atoms with E-state index in [9.17, 15) is 14.9 Å². The van der Waals surface area contributed by atoms with Crippen molar-refractivity contribution in [2.24, 2.45) is 0 Å². The van der Waals surface area contributed by atoms with Gasteiger partial charge in [0.2, 0.25) is 11.7 Å². The number of unbranched alkanes of at least 4 members (excludes halogenated alkanes) is 2. The van der Waals surface area contributed by atoms with Gasteiger partial charge >= 0.3 is 11.7 Å². The van der Waals surface area contributed by atoms with Crippen molar-refractivity contribution in [1.29, 1.82) is 0 Å². The van der Waals surface area contributed by atoms with Crippen LogP contribution in [0.4, 0.5) is 11.5 Å². The van der Waals surface area contributed by atoms with Crippen LogP contribution in [0.25, 0.3) is 0 Å². The van der Waals surface area contributed by atoms with Crippen LogP contribution in [0.2, 0.25) is 0 Å². The first-order valence-electron chi connectivity index (χ1n) is 6.58. The van der Waals surface area contributed by atoms with Gasteiger partial charge in [-0.2, -0.15) is 4.98 Å². The molecule has 1 aromatic heterocycles. The van der Waals surface area contributed by atoms with E-state index >= 15 is 0 Å². The number of aromatic nitrogens is 1. The van der Waals surface area contributed by atoms with Gasteiger partial charge in [0.15, 0.2) is 0 Å². The van der Waals surface area contributed by atoms with Gasteiger partial charge < -0.3 is 14.8 Å². The standard InChI is InChI=1S/C13H19N3O5/c1-20-11-8-7-10(16(18)19)13(15-11)14-9-5-3-4-6-12(17)21-2/h7-8H,3-6,9H2,1-2H3,(H,14,15). The summed E-state index contributed by atoms with van der Waals surface area (Å²) in [6.45, 7) is 0.530. The van der Waals surface area contributed by atoms with Crippen molar-refractivity contribution in [1.82, 2.24) is 4.98 Å². The number of pyridine rings is 1. The largest absolute Gasteiger partial charge is 0.481 e. The molecule has 21 heavy (non-hydrogen) atoms. The molecule has 0 amide bonds. The lowest BCUT2D eigenvalue weighted by molar-refractivity contribution is -0.384. The second-order valence-electron chi connectivity index (χ2n) is 4.29. The fraction of sp³-hybridized carbons (Fsp3) is 0.538. The molecular formula is C13H19N3O5. The Balaban J connectivity index is 2.43. The quantitative estimate of drug-likeness (QED) is 0.322. The average molecular weight is 297 g/mol. The third-order valence-corrected chi connectivity index (χ3v) is 2.83. The van der Waals surface area contributed by atoms with E-state index in [0.29, 0.717) is 18.8 Å². The molecular weight excluding hydrogens is 278 g/mol. The summed E-state index contributed by atoms with van der Waals surface area (Å²) in [5, 5.41) is 13.8. The first-order valence-corrected chi connectivity index (χ1v) is 6.58. The maximum absolute atomic E-state index is 10.9. The normalized spacial score (nSPS) is 10.0. The Morgan fingerprint density at radius 3 is 2.71 bits per heavy atom. The molecule has 116 valence electrons. The molecule has 0 unspecified atom stereocenters. The molecule has 1 rings (SSSR count). The number of rotatable bonds is 9. The summed E-state index contributed by atoms with van der Waals surface area (Å²) in [6.07, 6.45) is 2.70. The number of methoxy groups -OCH3 is 2. The lowest BCUT2D eigenvalue weighted by Gasteiger charge is -2.07. The summed E-state index contributed by atoms with van der Waals surface area (Å²) in [5.74, 6) is 0.272. The molecule has 0 aromatic carbocycles. The smallest absolute Gasteiger partial charge is 0.311 e. The van der Waals surface area contributed by atoms with Crippen molar-refractivity contribution in [3.63, 3.8) is 0 Å².